The summed E-state index contributed by atoms with van der Waals surface area (Å²) in [7, 11) is 0. The Balaban J connectivity index is 1.94. The van der Waals surface area contributed by atoms with Crippen LogP contribution in [0.3, 0.4) is 0 Å². The highest BCUT2D eigenvalue weighted by Gasteiger charge is 2.18. The van der Waals surface area contributed by atoms with Gasteiger partial charge in [0.05, 0.1) is 12.7 Å². The zero-order valence-electron chi connectivity index (χ0n) is 11.9. The smallest absolute Gasteiger partial charge is 0.140 e. The molecule has 0 amide bonds. The van der Waals surface area contributed by atoms with Crippen molar-refractivity contribution in [2.24, 2.45) is 0 Å². The average molecular weight is 274 g/mol. The summed E-state index contributed by atoms with van der Waals surface area (Å²) in [6, 6.07) is 10.00. The molecule has 108 valence electrons. The standard InChI is InChI=1S/C17H22O3/c1-14-10-11-16(18)17(9-5-6-12-19-14)20-13-15-7-3-2-4-8-15/h2-4,7-8,14,16-18H,5-6,9,12-13H2,1H3/t14-,16+,17+/m0/s1. The summed E-state index contributed by atoms with van der Waals surface area (Å²) < 4.78 is 11.4. The van der Waals surface area contributed by atoms with Crippen LogP contribution in [0.5, 0.6) is 0 Å². The normalized spacial score (nSPS) is 27.4. The van der Waals surface area contributed by atoms with Crippen LogP contribution in [0.2, 0.25) is 0 Å². The molecule has 20 heavy (non-hydrogen) atoms. The summed E-state index contributed by atoms with van der Waals surface area (Å²) >= 11 is 0. The summed E-state index contributed by atoms with van der Waals surface area (Å²) in [6.07, 6.45) is 1.66. The molecule has 0 saturated carbocycles. The maximum Gasteiger partial charge on any atom is 0.140 e. The first-order chi connectivity index (χ1) is 9.75. The fraction of sp³-hybridized carbons (Fsp3) is 0.529. The topological polar surface area (TPSA) is 38.7 Å². The van der Waals surface area contributed by atoms with Crippen LogP contribution in [0.1, 0.15) is 31.7 Å². The second-order valence-corrected chi connectivity index (χ2v) is 5.08. The van der Waals surface area contributed by atoms with Crippen molar-refractivity contribution in [3.8, 4) is 11.8 Å². The van der Waals surface area contributed by atoms with Gasteiger partial charge in [-0.2, -0.15) is 0 Å². The van der Waals surface area contributed by atoms with Crippen LogP contribution < -0.4 is 0 Å². The number of ether oxygens (including phenoxy) is 2. The lowest BCUT2D eigenvalue weighted by atomic mass is 10.1. The summed E-state index contributed by atoms with van der Waals surface area (Å²) in [5, 5.41) is 10.1. The summed E-state index contributed by atoms with van der Waals surface area (Å²) in [5.41, 5.74) is 1.11. The molecule has 0 bridgehead atoms. The van der Waals surface area contributed by atoms with Crippen molar-refractivity contribution in [3.05, 3.63) is 35.9 Å². The van der Waals surface area contributed by atoms with Gasteiger partial charge in [-0.15, -0.1) is 0 Å². The molecule has 3 heteroatoms. The van der Waals surface area contributed by atoms with E-state index in [0.29, 0.717) is 6.61 Å². The maximum atomic E-state index is 10.1. The van der Waals surface area contributed by atoms with E-state index in [2.05, 4.69) is 11.8 Å². The fourth-order valence-corrected chi connectivity index (χ4v) is 2.15. The molecule has 1 N–H and O–H groups in total. The Morgan fingerprint density at radius 2 is 2.05 bits per heavy atom. The second-order valence-electron chi connectivity index (χ2n) is 5.08. The first kappa shape index (κ1) is 15.1. The maximum absolute atomic E-state index is 10.1. The molecule has 0 aromatic heterocycles. The lowest BCUT2D eigenvalue weighted by Gasteiger charge is -2.21. The molecule has 3 nitrogen and oxygen atoms in total. The Bertz CT molecular complexity index is 446. The molecule has 0 unspecified atom stereocenters. The van der Waals surface area contributed by atoms with Crippen LogP contribution in [0.4, 0.5) is 0 Å². The highest BCUT2D eigenvalue weighted by Crippen LogP contribution is 2.14. The molecule has 0 fully saturated rings. The Morgan fingerprint density at radius 1 is 1.25 bits per heavy atom. The minimum absolute atomic E-state index is 0.127. The third kappa shape index (κ3) is 4.97. The molecule has 0 spiro atoms. The molecule has 2 rings (SSSR count). The van der Waals surface area contributed by atoms with Crippen molar-refractivity contribution in [1.82, 2.24) is 0 Å². The Kier molecular flexibility index (Phi) is 6.07. The molecule has 1 heterocycles. The van der Waals surface area contributed by atoms with E-state index in [1.165, 1.54) is 0 Å². The van der Waals surface area contributed by atoms with Crippen molar-refractivity contribution >= 4 is 0 Å². The molecule has 1 aromatic carbocycles. The molecule has 1 aromatic rings. The first-order valence-corrected chi connectivity index (χ1v) is 7.22. The molecule has 0 radical (unpaired) electrons. The van der Waals surface area contributed by atoms with Crippen LogP contribution in [-0.2, 0) is 16.1 Å². The quantitative estimate of drug-likeness (QED) is 0.861. The molecule has 1 aliphatic rings. The number of benzene rings is 1. The fourth-order valence-electron chi connectivity index (χ4n) is 2.15. The Morgan fingerprint density at radius 3 is 2.85 bits per heavy atom. The third-order valence-corrected chi connectivity index (χ3v) is 3.34. The summed E-state index contributed by atoms with van der Waals surface area (Å²) in [6.45, 7) is 3.13. The molecule has 1 aliphatic heterocycles. The molecule has 0 saturated heterocycles. The van der Waals surface area contributed by atoms with E-state index in [1.54, 1.807) is 0 Å². The van der Waals surface area contributed by atoms with Crippen molar-refractivity contribution < 1.29 is 14.6 Å². The zero-order valence-corrected chi connectivity index (χ0v) is 11.9. The lowest BCUT2D eigenvalue weighted by molar-refractivity contribution is -0.0307. The number of rotatable bonds is 3. The van der Waals surface area contributed by atoms with E-state index in [9.17, 15) is 5.11 Å². The zero-order chi connectivity index (χ0) is 14.2. The van der Waals surface area contributed by atoms with Crippen molar-refractivity contribution in [2.75, 3.05) is 6.61 Å². The van der Waals surface area contributed by atoms with Crippen molar-refractivity contribution in [1.29, 1.82) is 0 Å². The van der Waals surface area contributed by atoms with Crippen LogP contribution in [0, 0.1) is 11.8 Å². The third-order valence-electron chi connectivity index (χ3n) is 3.34. The Hall–Kier alpha value is -1.34. The van der Waals surface area contributed by atoms with E-state index >= 15 is 0 Å². The molecule has 3 atom stereocenters. The predicted molar refractivity (Wildman–Crippen MR) is 78.1 cm³/mol. The van der Waals surface area contributed by atoms with Crippen LogP contribution in [-0.4, -0.2) is 30.0 Å². The summed E-state index contributed by atoms with van der Waals surface area (Å²) in [5.74, 6) is 5.77. The first-order valence-electron chi connectivity index (χ1n) is 7.22. The minimum Gasteiger partial charge on any atom is -0.378 e. The van der Waals surface area contributed by atoms with Gasteiger partial charge in [0.1, 0.15) is 12.2 Å². The van der Waals surface area contributed by atoms with Gasteiger partial charge in [0, 0.05) is 6.61 Å². The molecule has 0 aliphatic carbocycles. The molecular formula is C17H22O3. The van der Waals surface area contributed by atoms with Gasteiger partial charge in [-0.1, -0.05) is 42.2 Å². The van der Waals surface area contributed by atoms with Crippen molar-refractivity contribution in [3.63, 3.8) is 0 Å². The highest BCUT2D eigenvalue weighted by atomic mass is 16.5. The van der Waals surface area contributed by atoms with Crippen LogP contribution in [0.25, 0.3) is 0 Å². The van der Waals surface area contributed by atoms with Gasteiger partial charge in [-0.25, -0.2) is 0 Å². The molecular weight excluding hydrogens is 252 g/mol. The van der Waals surface area contributed by atoms with Crippen LogP contribution in [0.15, 0.2) is 30.3 Å². The van der Waals surface area contributed by atoms with Gasteiger partial charge in [0.25, 0.3) is 0 Å². The monoisotopic (exact) mass is 274 g/mol. The van der Waals surface area contributed by atoms with Gasteiger partial charge in [0.15, 0.2) is 0 Å². The van der Waals surface area contributed by atoms with Crippen LogP contribution >= 0.6 is 0 Å². The van der Waals surface area contributed by atoms with Gasteiger partial charge in [0.2, 0.25) is 0 Å². The number of hydrogen-bond acceptors (Lipinski definition) is 3. The number of aliphatic hydroxyl groups excluding tert-OH is 1. The van der Waals surface area contributed by atoms with E-state index < -0.39 is 6.10 Å². The highest BCUT2D eigenvalue weighted by molar-refractivity contribution is 5.14. The van der Waals surface area contributed by atoms with E-state index in [-0.39, 0.29) is 12.2 Å². The van der Waals surface area contributed by atoms with Crippen molar-refractivity contribution in [2.45, 2.75) is 51.1 Å². The summed E-state index contributed by atoms with van der Waals surface area (Å²) in [4.78, 5) is 0. The van der Waals surface area contributed by atoms with Gasteiger partial charge >= 0.3 is 0 Å². The van der Waals surface area contributed by atoms with E-state index in [0.717, 1.165) is 31.4 Å². The van der Waals surface area contributed by atoms with Gasteiger partial charge in [-0.05, 0) is 31.7 Å². The second kappa shape index (κ2) is 8.06. The predicted octanol–water partition coefficient (Wildman–Crippen LogP) is 2.53. The minimum atomic E-state index is -0.747. The van der Waals surface area contributed by atoms with Gasteiger partial charge < -0.3 is 14.6 Å². The van der Waals surface area contributed by atoms with E-state index in [4.69, 9.17) is 9.47 Å². The largest absolute Gasteiger partial charge is 0.378 e. The van der Waals surface area contributed by atoms with E-state index in [1.807, 2.05) is 37.3 Å². The SMILES string of the molecule is C[C@H]1C#C[C@@H](O)[C@H](OCc2ccccc2)CCCCO1. The number of hydrogen-bond donors (Lipinski definition) is 1. The average Bonchev–Trinajstić information content (AvgIpc) is 2.48. The number of aliphatic hydroxyl groups is 1. The lowest BCUT2D eigenvalue weighted by Crippen LogP contribution is -2.29. The Labute approximate surface area is 120 Å². The van der Waals surface area contributed by atoms with Gasteiger partial charge in [-0.3, -0.25) is 0 Å².